The largest absolute Gasteiger partial charge is 0.444 e. The molecule has 1 atom stereocenters. The maximum Gasteiger partial charge on any atom is 0.410 e. The molecule has 8 heteroatoms. The fourth-order valence-electron chi connectivity index (χ4n) is 1.68. The number of carbonyl (C=O) groups is 1. The molecule has 0 bridgehead atoms. The van der Waals surface area contributed by atoms with Gasteiger partial charge in [-0.2, -0.15) is 0 Å². The van der Waals surface area contributed by atoms with Crippen LogP contribution in [0.15, 0.2) is 4.99 Å². The van der Waals surface area contributed by atoms with Crippen LogP contribution in [0.5, 0.6) is 0 Å². The average Bonchev–Trinajstić information content (AvgIpc) is 2.44. The Morgan fingerprint density at radius 1 is 1.29 bits per heavy atom. The van der Waals surface area contributed by atoms with E-state index in [1.54, 1.807) is 19.1 Å². The lowest BCUT2D eigenvalue weighted by Gasteiger charge is -2.28. The standard InChI is InChI=1S/C16H34N4O3.HI/c1-8-17-14(19-11-12-22-7)18-10-9-13(2)20(6)15(21)23-16(3,4)5;/h13H,8-12H2,1-7H3,(H2,17,18,19);1H. The van der Waals surface area contributed by atoms with Crippen molar-refractivity contribution in [3.63, 3.8) is 0 Å². The molecule has 0 spiro atoms. The van der Waals surface area contributed by atoms with Crippen molar-refractivity contribution >= 4 is 36.0 Å². The molecule has 1 unspecified atom stereocenters. The molecule has 0 fully saturated rings. The van der Waals surface area contributed by atoms with Crippen LogP contribution in [-0.2, 0) is 9.47 Å². The molecular weight excluding hydrogens is 423 g/mol. The second-order valence-electron chi connectivity index (χ2n) is 6.41. The first-order chi connectivity index (χ1) is 10.7. The maximum atomic E-state index is 12.0. The molecule has 2 N–H and O–H groups in total. The number of amides is 1. The molecule has 24 heavy (non-hydrogen) atoms. The quantitative estimate of drug-likeness (QED) is 0.253. The van der Waals surface area contributed by atoms with Crippen molar-refractivity contribution in [3.05, 3.63) is 0 Å². The summed E-state index contributed by atoms with van der Waals surface area (Å²) in [5.41, 5.74) is -0.479. The van der Waals surface area contributed by atoms with Crippen LogP contribution in [-0.4, -0.2) is 69.0 Å². The van der Waals surface area contributed by atoms with Crippen LogP contribution in [0.25, 0.3) is 0 Å². The molecule has 7 nitrogen and oxygen atoms in total. The summed E-state index contributed by atoms with van der Waals surface area (Å²) < 4.78 is 10.4. The van der Waals surface area contributed by atoms with Crippen molar-refractivity contribution in [2.75, 3.05) is 40.4 Å². The predicted octanol–water partition coefficient (Wildman–Crippen LogP) is 2.45. The number of methoxy groups -OCH3 is 1. The Morgan fingerprint density at radius 3 is 2.42 bits per heavy atom. The van der Waals surface area contributed by atoms with E-state index in [2.05, 4.69) is 15.6 Å². The number of guanidine groups is 1. The molecule has 0 aliphatic rings. The summed E-state index contributed by atoms with van der Waals surface area (Å²) in [7, 11) is 3.42. The summed E-state index contributed by atoms with van der Waals surface area (Å²) in [4.78, 5) is 18.1. The van der Waals surface area contributed by atoms with Crippen molar-refractivity contribution in [2.24, 2.45) is 4.99 Å². The lowest BCUT2D eigenvalue weighted by atomic mass is 10.2. The predicted molar refractivity (Wildman–Crippen MR) is 109 cm³/mol. The van der Waals surface area contributed by atoms with Crippen LogP contribution >= 0.6 is 24.0 Å². The highest BCUT2D eigenvalue weighted by molar-refractivity contribution is 14.0. The maximum absolute atomic E-state index is 12.0. The first-order valence-electron chi connectivity index (χ1n) is 8.18. The molecule has 0 aliphatic carbocycles. The highest BCUT2D eigenvalue weighted by Crippen LogP contribution is 2.11. The zero-order chi connectivity index (χ0) is 17.9. The molecule has 0 rings (SSSR count). The van der Waals surface area contributed by atoms with Gasteiger partial charge in [0.25, 0.3) is 0 Å². The summed E-state index contributed by atoms with van der Waals surface area (Å²) in [6.07, 6.45) is 0.454. The molecule has 0 heterocycles. The zero-order valence-corrected chi connectivity index (χ0v) is 18.5. The van der Waals surface area contributed by atoms with Crippen LogP contribution < -0.4 is 10.6 Å². The summed E-state index contributed by atoms with van der Waals surface area (Å²) in [5.74, 6) is 0.761. The molecule has 1 amide bonds. The van der Waals surface area contributed by atoms with Crippen molar-refractivity contribution in [3.8, 4) is 0 Å². The van der Waals surface area contributed by atoms with Gasteiger partial charge in [-0.05, 0) is 41.0 Å². The lowest BCUT2D eigenvalue weighted by molar-refractivity contribution is 0.0231. The zero-order valence-electron chi connectivity index (χ0n) is 16.1. The van der Waals surface area contributed by atoms with E-state index in [4.69, 9.17) is 9.47 Å². The molecule has 0 saturated carbocycles. The lowest BCUT2D eigenvalue weighted by Crippen LogP contribution is -2.40. The topological polar surface area (TPSA) is 75.2 Å². The van der Waals surface area contributed by atoms with Gasteiger partial charge in [-0.25, -0.2) is 4.79 Å². The number of aliphatic imine (C=N–C) groups is 1. The number of rotatable bonds is 8. The molecule has 0 aromatic rings. The van der Waals surface area contributed by atoms with Crippen LogP contribution in [0.4, 0.5) is 4.79 Å². The minimum Gasteiger partial charge on any atom is -0.444 e. The highest BCUT2D eigenvalue weighted by Gasteiger charge is 2.22. The first-order valence-corrected chi connectivity index (χ1v) is 8.18. The number of hydrogen-bond acceptors (Lipinski definition) is 4. The number of halogens is 1. The molecule has 144 valence electrons. The van der Waals surface area contributed by atoms with E-state index < -0.39 is 5.60 Å². The van der Waals surface area contributed by atoms with E-state index in [0.29, 0.717) is 19.7 Å². The molecular formula is C16H35IN4O3. The normalized spacial score (nSPS) is 12.9. The summed E-state index contributed by atoms with van der Waals surface area (Å²) >= 11 is 0. The smallest absolute Gasteiger partial charge is 0.410 e. The van der Waals surface area contributed by atoms with Crippen molar-refractivity contribution in [1.82, 2.24) is 15.5 Å². The van der Waals surface area contributed by atoms with E-state index in [1.807, 2.05) is 34.6 Å². The van der Waals surface area contributed by atoms with Gasteiger partial charge in [-0.15, -0.1) is 24.0 Å². The van der Waals surface area contributed by atoms with Gasteiger partial charge in [0, 0.05) is 39.8 Å². The first kappa shape index (κ1) is 25.5. The van der Waals surface area contributed by atoms with Gasteiger partial charge >= 0.3 is 6.09 Å². The van der Waals surface area contributed by atoms with Gasteiger partial charge < -0.3 is 25.0 Å². The minimum absolute atomic E-state index is 0. The van der Waals surface area contributed by atoms with Gasteiger partial charge in [0.15, 0.2) is 5.96 Å². The van der Waals surface area contributed by atoms with Crippen molar-refractivity contribution in [2.45, 2.75) is 52.7 Å². The Kier molecular flexibility index (Phi) is 14.3. The second-order valence-corrected chi connectivity index (χ2v) is 6.41. The van der Waals surface area contributed by atoms with Crippen LogP contribution in [0, 0.1) is 0 Å². The number of carbonyl (C=O) groups excluding carboxylic acids is 1. The Balaban J connectivity index is 0. The Bertz CT molecular complexity index is 373. The van der Waals surface area contributed by atoms with Crippen molar-refractivity contribution in [1.29, 1.82) is 0 Å². The molecule has 0 saturated heterocycles. The fourth-order valence-corrected chi connectivity index (χ4v) is 1.68. The van der Waals surface area contributed by atoms with Gasteiger partial charge in [0.2, 0.25) is 0 Å². The van der Waals surface area contributed by atoms with Gasteiger partial charge in [-0.3, -0.25) is 4.99 Å². The summed E-state index contributed by atoms with van der Waals surface area (Å²) in [5, 5.41) is 6.36. The second kappa shape index (κ2) is 13.5. The van der Waals surface area contributed by atoms with Gasteiger partial charge in [0.05, 0.1) is 6.61 Å². The number of ether oxygens (including phenoxy) is 2. The Hall–Kier alpha value is -0.770. The van der Waals surface area contributed by atoms with Gasteiger partial charge in [0.1, 0.15) is 5.60 Å². The number of nitrogens with zero attached hydrogens (tertiary/aromatic N) is 2. The van der Waals surface area contributed by atoms with Crippen LogP contribution in [0.2, 0.25) is 0 Å². The average molecular weight is 458 g/mol. The van der Waals surface area contributed by atoms with Crippen LogP contribution in [0.3, 0.4) is 0 Å². The third-order valence-corrected chi connectivity index (χ3v) is 3.10. The molecule has 0 aromatic carbocycles. The molecule has 0 aliphatic heterocycles. The Morgan fingerprint density at radius 2 is 1.92 bits per heavy atom. The third kappa shape index (κ3) is 12.6. The van der Waals surface area contributed by atoms with Gasteiger partial charge in [-0.1, -0.05) is 0 Å². The molecule has 0 aromatic heterocycles. The summed E-state index contributed by atoms with van der Waals surface area (Å²) in [6, 6.07) is 0.0513. The van der Waals surface area contributed by atoms with E-state index in [-0.39, 0.29) is 36.1 Å². The number of nitrogens with one attached hydrogen (secondary N) is 2. The van der Waals surface area contributed by atoms with E-state index >= 15 is 0 Å². The fraction of sp³-hybridized carbons (Fsp3) is 0.875. The van der Waals surface area contributed by atoms with E-state index in [9.17, 15) is 4.79 Å². The van der Waals surface area contributed by atoms with Crippen molar-refractivity contribution < 1.29 is 14.3 Å². The molecule has 0 radical (unpaired) electrons. The van der Waals surface area contributed by atoms with E-state index in [0.717, 1.165) is 18.9 Å². The monoisotopic (exact) mass is 458 g/mol. The number of hydrogen-bond donors (Lipinski definition) is 2. The minimum atomic E-state index is -0.479. The summed E-state index contributed by atoms with van der Waals surface area (Å²) in [6.45, 7) is 12.4. The van der Waals surface area contributed by atoms with Crippen LogP contribution in [0.1, 0.15) is 41.0 Å². The third-order valence-electron chi connectivity index (χ3n) is 3.10. The Labute approximate surface area is 164 Å². The highest BCUT2D eigenvalue weighted by atomic mass is 127. The van der Waals surface area contributed by atoms with E-state index in [1.165, 1.54) is 0 Å². The SMILES string of the molecule is CCNC(=NCCC(C)N(C)C(=O)OC(C)(C)C)NCCOC.I.